The first-order valence-electron chi connectivity index (χ1n) is 4.65. The van der Waals surface area contributed by atoms with Gasteiger partial charge >= 0.3 is 0 Å². The zero-order valence-corrected chi connectivity index (χ0v) is 8.13. The van der Waals surface area contributed by atoms with Crippen molar-refractivity contribution in [1.29, 1.82) is 0 Å². The molecule has 0 unspecified atom stereocenters. The third kappa shape index (κ3) is 1.54. The predicted octanol–water partition coefficient (Wildman–Crippen LogP) is 1.57. The fourth-order valence-electron chi connectivity index (χ4n) is 1.68. The molecule has 0 amide bonds. The second kappa shape index (κ2) is 3.04. The topological polar surface area (TPSA) is 35.2 Å². The molecule has 2 N–H and O–H groups in total. The maximum Gasteiger partial charge on any atom is 0.122 e. The molecule has 0 saturated heterocycles. The molecule has 0 fully saturated rings. The molecule has 1 atom stereocenters. The molecule has 13 heavy (non-hydrogen) atoms. The monoisotopic (exact) mass is 177 g/mol. The van der Waals surface area contributed by atoms with Gasteiger partial charge in [-0.15, -0.1) is 0 Å². The SMILES string of the molecule is Cc1cc2c(cc1C)OC[C@@H](N)C2. The van der Waals surface area contributed by atoms with Crippen LogP contribution in [0.5, 0.6) is 5.75 Å². The largest absolute Gasteiger partial charge is 0.492 e. The minimum absolute atomic E-state index is 0.162. The molecule has 1 aromatic rings. The summed E-state index contributed by atoms with van der Waals surface area (Å²) in [6, 6.07) is 4.45. The summed E-state index contributed by atoms with van der Waals surface area (Å²) in [5.41, 5.74) is 9.67. The van der Waals surface area contributed by atoms with Crippen molar-refractivity contribution in [2.75, 3.05) is 6.61 Å². The Bertz CT molecular complexity index is 333. The quantitative estimate of drug-likeness (QED) is 0.652. The van der Waals surface area contributed by atoms with Crippen LogP contribution in [0.25, 0.3) is 0 Å². The Balaban J connectivity index is 2.43. The van der Waals surface area contributed by atoms with Gasteiger partial charge in [0.1, 0.15) is 12.4 Å². The van der Waals surface area contributed by atoms with Crippen LogP contribution in [0.4, 0.5) is 0 Å². The number of hydrogen-bond acceptors (Lipinski definition) is 2. The van der Waals surface area contributed by atoms with Crippen LogP contribution in [0.15, 0.2) is 12.1 Å². The highest BCUT2D eigenvalue weighted by molar-refractivity contribution is 5.43. The molecule has 70 valence electrons. The van der Waals surface area contributed by atoms with Gasteiger partial charge in [-0.1, -0.05) is 6.07 Å². The molecule has 2 nitrogen and oxygen atoms in total. The van der Waals surface area contributed by atoms with Crippen molar-refractivity contribution in [3.05, 3.63) is 28.8 Å². The molecule has 2 rings (SSSR count). The van der Waals surface area contributed by atoms with Crippen molar-refractivity contribution < 1.29 is 4.74 Å². The summed E-state index contributed by atoms with van der Waals surface area (Å²) in [5.74, 6) is 1.02. The van der Waals surface area contributed by atoms with Gasteiger partial charge in [0.05, 0.1) is 0 Å². The molecule has 0 saturated carbocycles. The molecule has 0 radical (unpaired) electrons. The van der Waals surface area contributed by atoms with E-state index in [1.54, 1.807) is 0 Å². The number of rotatable bonds is 0. The van der Waals surface area contributed by atoms with Crippen LogP contribution in [-0.2, 0) is 6.42 Å². The Kier molecular flexibility index (Phi) is 2.00. The highest BCUT2D eigenvalue weighted by atomic mass is 16.5. The Morgan fingerprint density at radius 3 is 2.77 bits per heavy atom. The average molecular weight is 177 g/mol. The molecular weight excluding hydrogens is 162 g/mol. The number of nitrogens with two attached hydrogens (primary N) is 1. The summed E-state index contributed by atoms with van der Waals surface area (Å²) in [6.07, 6.45) is 0.941. The number of fused-ring (bicyclic) bond motifs is 1. The van der Waals surface area contributed by atoms with Gasteiger partial charge in [0.25, 0.3) is 0 Å². The van der Waals surface area contributed by atoms with Gasteiger partial charge < -0.3 is 10.5 Å². The second-order valence-electron chi connectivity index (χ2n) is 3.82. The van der Waals surface area contributed by atoms with Crippen LogP contribution in [0, 0.1) is 13.8 Å². The molecule has 0 bridgehead atoms. The van der Waals surface area contributed by atoms with E-state index in [-0.39, 0.29) is 6.04 Å². The molecule has 2 heteroatoms. The summed E-state index contributed by atoms with van der Waals surface area (Å²) in [5, 5.41) is 0. The summed E-state index contributed by atoms with van der Waals surface area (Å²) in [7, 11) is 0. The van der Waals surface area contributed by atoms with Crippen LogP contribution in [0.2, 0.25) is 0 Å². The van der Waals surface area contributed by atoms with E-state index < -0.39 is 0 Å². The van der Waals surface area contributed by atoms with Gasteiger partial charge in [-0.05, 0) is 43.0 Å². The van der Waals surface area contributed by atoms with E-state index in [9.17, 15) is 0 Å². The molecule has 1 aliphatic heterocycles. The summed E-state index contributed by atoms with van der Waals surface area (Å²) >= 11 is 0. The smallest absolute Gasteiger partial charge is 0.122 e. The Labute approximate surface area is 78.7 Å². The third-order valence-electron chi connectivity index (χ3n) is 2.61. The van der Waals surface area contributed by atoms with Crippen LogP contribution in [0.3, 0.4) is 0 Å². The fourth-order valence-corrected chi connectivity index (χ4v) is 1.68. The zero-order chi connectivity index (χ0) is 9.42. The maximum absolute atomic E-state index is 5.81. The molecule has 0 aromatic heterocycles. The molecule has 0 spiro atoms. The van der Waals surface area contributed by atoms with Gasteiger partial charge in [-0.2, -0.15) is 0 Å². The minimum Gasteiger partial charge on any atom is -0.492 e. The van der Waals surface area contributed by atoms with E-state index in [1.807, 2.05) is 0 Å². The third-order valence-corrected chi connectivity index (χ3v) is 2.61. The lowest BCUT2D eigenvalue weighted by Crippen LogP contribution is -2.33. The van der Waals surface area contributed by atoms with Crippen molar-refractivity contribution in [2.24, 2.45) is 5.73 Å². The first-order valence-corrected chi connectivity index (χ1v) is 4.65. The van der Waals surface area contributed by atoms with E-state index >= 15 is 0 Å². The highest BCUT2D eigenvalue weighted by Gasteiger charge is 2.16. The zero-order valence-electron chi connectivity index (χ0n) is 8.13. The van der Waals surface area contributed by atoms with Crippen LogP contribution in [-0.4, -0.2) is 12.6 Å². The lowest BCUT2D eigenvalue weighted by atomic mass is 9.98. The van der Waals surface area contributed by atoms with E-state index in [1.165, 1.54) is 16.7 Å². The second-order valence-corrected chi connectivity index (χ2v) is 3.82. The Morgan fingerprint density at radius 2 is 2.00 bits per heavy atom. The minimum atomic E-state index is 0.162. The van der Waals surface area contributed by atoms with Gasteiger partial charge in [0.2, 0.25) is 0 Å². The standard InChI is InChI=1S/C11H15NO/c1-7-3-9-5-10(12)6-13-11(9)4-8(7)2/h3-4,10H,5-6,12H2,1-2H3/t10-/m0/s1. The summed E-state index contributed by atoms with van der Waals surface area (Å²) in [4.78, 5) is 0. The van der Waals surface area contributed by atoms with Crippen LogP contribution < -0.4 is 10.5 Å². The van der Waals surface area contributed by atoms with Crippen molar-refractivity contribution >= 4 is 0 Å². The van der Waals surface area contributed by atoms with Gasteiger partial charge in [0, 0.05) is 6.04 Å². The average Bonchev–Trinajstić information content (AvgIpc) is 2.08. The van der Waals surface area contributed by atoms with Crippen molar-refractivity contribution in [1.82, 2.24) is 0 Å². The van der Waals surface area contributed by atoms with E-state index in [0.29, 0.717) is 6.61 Å². The maximum atomic E-state index is 5.81. The first-order chi connectivity index (χ1) is 6.16. The van der Waals surface area contributed by atoms with E-state index in [4.69, 9.17) is 10.5 Å². The van der Waals surface area contributed by atoms with Crippen molar-refractivity contribution in [3.63, 3.8) is 0 Å². The van der Waals surface area contributed by atoms with Gasteiger partial charge in [0.15, 0.2) is 0 Å². The number of benzene rings is 1. The van der Waals surface area contributed by atoms with E-state index in [0.717, 1.165) is 12.2 Å². The molecule has 0 aliphatic carbocycles. The number of hydrogen-bond donors (Lipinski definition) is 1. The van der Waals surface area contributed by atoms with Crippen LogP contribution in [0.1, 0.15) is 16.7 Å². The van der Waals surface area contributed by atoms with Gasteiger partial charge in [-0.25, -0.2) is 0 Å². The Morgan fingerprint density at radius 1 is 1.31 bits per heavy atom. The number of aryl methyl sites for hydroxylation is 2. The lowest BCUT2D eigenvalue weighted by Gasteiger charge is -2.23. The van der Waals surface area contributed by atoms with Crippen molar-refractivity contribution in [2.45, 2.75) is 26.3 Å². The molecule has 1 aromatic carbocycles. The highest BCUT2D eigenvalue weighted by Crippen LogP contribution is 2.27. The lowest BCUT2D eigenvalue weighted by molar-refractivity contribution is 0.263. The first kappa shape index (κ1) is 8.57. The Hall–Kier alpha value is -1.02. The van der Waals surface area contributed by atoms with Crippen LogP contribution >= 0.6 is 0 Å². The van der Waals surface area contributed by atoms with Gasteiger partial charge in [-0.3, -0.25) is 0 Å². The normalized spacial score (nSPS) is 20.7. The molecule has 1 aliphatic rings. The fraction of sp³-hybridized carbons (Fsp3) is 0.455. The van der Waals surface area contributed by atoms with E-state index in [2.05, 4.69) is 26.0 Å². The predicted molar refractivity (Wildman–Crippen MR) is 53.1 cm³/mol. The molecule has 1 heterocycles. The summed E-state index contributed by atoms with van der Waals surface area (Å²) < 4.78 is 5.55. The van der Waals surface area contributed by atoms with Crippen molar-refractivity contribution in [3.8, 4) is 5.75 Å². The summed E-state index contributed by atoms with van der Waals surface area (Å²) in [6.45, 7) is 4.87. The molecular formula is C11H15NO. The number of ether oxygens (including phenoxy) is 1.